The molecule has 5 nitrogen and oxygen atoms in total. The van der Waals surface area contributed by atoms with E-state index >= 15 is 0 Å². The van der Waals surface area contributed by atoms with E-state index in [4.69, 9.17) is 0 Å². The van der Waals surface area contributed by atoms with Crippen molar-refractivity contribution in [2.75, 3.05) is 0 Å². The maximum absolute atomic E-state index is 12.4. The van der Waals surface area contributed by atoms with Gasteiger partial charge in [-0.05, 0) is 92.7 Å². The molecule has 1 N–H and O–H groups in total. The number of fused-ring (bicyclic) bond motifs is 2. The number of rotatable bonds is 4. The zero-order valence-electron chi connectivity index (χ0n) is 19.8. The number of aliphatic carboxylic acids is 1. The fourth-order valence-electron chi connectivity index (χ4n) is 4.43. The van der Waals surface area contributed by atoms with Crippen LogP contribution in [0.5, 0.6) is 0 Å². The first-order chi connectivity index (χ1) is 16.5. The third kappa shape index (κ3) is 5.78. The summed E-state index contributed by atoms with van der Waals surface area (Å²) in [6, 6.07) is 11.9. The molecule has 36 heavy (non-hydrogen) atoms. The molecule has 2 saturated carbocycles. The third-order valence-electron chi connectivity index (χ3n) is 6.15. The van der Waals surface area contributed by atoms with Crippen LogP contribution in [0.2, 0.25) is 0 Å². The Bertz CT molecular complexity index is 1140. The summed E-state index contributed by atoms with van der Waals surface area (Å²) in [5.74, 6) is -1.19. The smallest absolute Gasteiger partial charge is 0.543 e. The number of carbonyl (C=O) groups is 2. The van der Waals surface area contributed by atoms with Crippen LogP contribution >= 0.6 is 11.8 Å². The first-order valence-electron chi connectivity index (χ1n) is 11.0. The van der Waals surface area contributed by atoms with Gasteiger partial charge in [0.25, 0.3) is 0 Å². The summed E-state index contributed by atoms with van der Waals surface area (Å²) < 4.78 is 0. The Labute approximate surface area is 250 Å². The topological polar surface area (TPSA) is 80.7 Å². The van der Waals surface area contributed by atoms with Gasteiger partial charge >= 0.3 is 46.6 Å². The van der Waals surface area contributed by atoms with Gasteiger partial charge in [-0.25, -0.2) is 0 Å². The molecular weight excluding hydrogens is 525 g/mol. The number of aliphatic hydroxyl groups is 1. The maximum Gasteiger partial charge on any atom is 2.00 e. The van der Waals surface area contributed by atoms with Gasteiger partial charge in [0.05, 0.1) is 23.7 Å². The number of hydrogen-bond acceptors (Lipinski definition) is 5. The Morgan fingerprint density at radius 2 is 1.47 bits per heavy atom. The van der Waals surface area contributed by atoms with Crippen LogP contribution in [0, 0.1) is 69.6 Å². The number of carboxylic acids is 1. The van der Waals surface area contributed by atoms with Crippen molar-refractivity contribution >= 4 is 39.3 Å². The molecule has 8 heteroatoms. The van der Waals surface area contributed by atoms with Gasteiger partial charge in [-0.2, -0.15) is 0 Å². The SMILES string of the molecule is C[C@@H](O)[C@H]1C(=O)N2C(C(=O)[O-])=C(c3ccc4cc([C]5[CH][CH][CH][CH]5)ccc4c3)S[C@H]12.[CH]1[CH][CH][CH][CH]1.[Fe+2].[Na+]. The number of amides is 1. The Hall–Kier alpha value is -0.791. The zero-order valence-corrected chi connectivity index (χ0v) is 23.7. The summed E-state index contributed by atoms with van der Waals surface area (Å²) in [6.07, 6.45) is 17.3. The molecule has 4 aliphatic rings. The molecule has 0 aromatic heterocycles. The van der Waals surface area contributed by atoms with Crippen molar-refractivity contribution in [3.05, 3.63) is 117 Å². The normalized spacial score (nSPS) is 23.8. The number of carbonyl (C=O) groups excluding carboxylic acids is 2. The van der Waals surface area contributed by atoms with Crippen molar-refractivity contribution in [1.82, 2.24) is 4.90 Å². The van der Waals surface area contributed by atoms with Crippen LogP contribution in [-0.2, 0) is 26.7 Å². The number of carboxylic acid groups (broad SMARTS) is 1. The minimum atomic E-state index is -1.38. The third-order valence-corrected chi connectivity index (χ3v) is 7.56. The molecule has 0 spiro atoms. The molecule has 1 amide bonds. The zero-order chi connectivity index (χ0) is 23.8. The van der Waals surface area contributed by atoms with Crippen molar-refractivity contribution in [3.8, 4) is 0 Å². The molecule has 6 rings (SSSR count). The quantitative estimate of drug-likeness (QED) is 0.429. The molecule has 0 unspecified atom stereocenters. The van der Waals surface area contributed by atoms with Crippen molar-refractivity contribution in [2.45, 2.75) is 18.4 Å². The van der Waals surface area contributed by atoms with Crippen molar-refractivity contribution < 1.29 is 66.4 Å². The average molecular weight is 547 g/mol. The summed E-state index contributed by atoms with van der Waals surface area (Å²) in [5, 5.41) is 23.3. The van der Waals surface area contributed by atoms with Crippen molar-refractivity contribution in [3.63, 3.8) is 0 Å². The molecule has 2 aromatic carbocycles. The molecule has 2 heterocycles. The van der Waals surface area contributed by atoms with Crippen molar-refractivity contribution in [2.24, 2.45) is 5.92 Å². The Morgan fingerprint density at radius 1 is 0.944 bits per heavy atom. The second kappa shape index (κ2) is 12.8. The first-order valence-corrected chi connectivity index (χ1v) is 11.9. The van der Waals surface area contributed by atoms with Crippen LogP contribution in [0.1, 0.15) is 18.1 Å². The molecular formula is C28H22FeNNaO4S+2. The molecule has 1 saturated heterocycles. The fraction of sp³-hybridized carbons (Fsp3) is 0.143. The van der Waals surface area contributed by atoms with Crippen LogP contribution in [0.25, 0.3) is 15.7 Å². The largest absolute Gasteiger partial charge is 2.00 e. The van der Waals surface area contributed by atoms with E-state index in [9.17, 15) is 19.8 Å². The summed E-state index contributed by atoms with van der Waals surface area (Å²) in [7, 11) is 0. The minimum Gasteiger partial charge on any atom is -0.543 e. The summed E-state index contributed by atoms with van der Waals surface area (Å²) in [5.41, 5.74) is 1.75. The van der Waals surface area contributed by atoms with Gasteiger partial charge in [0.1, 0.15) is 5.37 Å². The Balaban J connectivity index is 0.000000463. The van der Waals surface area contributed by atoms with E-state index in [0.717, 1.165) is 27.8 Å². The number of nitrogens with zero attached hydrogens (tertiary/aromatic N) is 1. The van der Waals surface area contributed by atoms with E-state index in [1.807, 2.05) is 75.3 Å². The van der Waals surface area contributed by atoms with Crippen LogP contribution in [0.15, 0.2) is 42.1 Å². The minimum absolute atomic E-state index is 0. The molecule has 3 atom stereocenters. The summed E-state index contributed by atoms with van der Waals surface area (Å²) >= 11 is 1.30. The van der Waals surface area contributed by atoms with E-state index in [2.05, 4.69) is 18.9 Å². The number of benzene rings is 2. The molecule has 10 radical (unpaired) electrons. The first kappa shape index (κ1) is 29.8. The fourth-order valence-corrected chi connectivity index (χ4v) is 6.03. The van der Waals surface area contributed by atoms with Crippen molar-refractivity contribution in [1.29, 1.82) is 0 Å². The Morgan fingerprint density at radius 3 is 2.00 bits per heavy atom. The van der Waals surface area contributed by atoms with E-state index in [1.165, 1.54) is 16.7 Å². The molecule has 0 bridgehead atoms. The maximum atomic E-state index is 12.4. The van der Waals surface area contributed by atoms with Crippen LogP contribution < -0.4 is 34.7 Å². The van der Waals surface area contributed by atoms with Gasteiger partial charge in [-0.1, -0.05) is 42.1 Å². The van der Waals surface area contributed by atoms with E-state index in [0.29, 0.717) is 4.91 Å². The van der Waals surface area contributed by atoms with Gasteiger partial charge in [-0.3, -0.25) is 9.69 Å². The molecule has 2 aliphatic heterocycles. The van der Waals surface area contributed by atoms with Gasteiger partial charge in [0.15, 0.2) is 0 Å². The number of thioether (sulfide) groups is 1. The second-order valence-electron chi connectivity index (χ2n) is 8.36. The molecule has 2 aliphatic carbocycles. The van der Waals surface area contributed by atoms with Gasteiger partial charge in [0, 0.05) is 10.8 Å². The van der Waals surface area contributed by atoms with E-state index in [-0.39, 0.29) is 58.2 Å². The second-order valence-corrected chi connectivity index (χ2v) is 9.49. The van der Waals surface area contributed by atoms with Crippen LogP contribution in [-0.4, -0.2) is 33.4 Å². The number of aliphatic hydroxyl groups excluding tert-OH is 1. The van der Waals surface area contributed by atoms with Crippen LogP contribution in [0.3, 0.4) is 0 Å². The molecule has 2 aromatic rings. The Kier molecular flexibility index (Phi) is 10.6. The average Bonchev–Trinajstić information content (AvgIpc) is 3.60. The van der Waals surface area contributed by atoms with Crippen LogP contribution in [0.4, 0.5) is 0 Å². The van der Waals surface area contributed by atoms with Gasteiger partial charge in [0.2, 0.25) is 5.91 Å². The summed E-state index contributed by atoms with van der Waals surface area (Å²) in [6.45, 7) is 1.55. The molecule has 3 fully saturated rings. The van der Waals surface area contributed by atoms with Gasteiger partial charge in [-0.15, -0.1) is 0 Å². The number of β-lactam (4-membered cyclic amide) rings is 1. The monoisotopic (exact) mass is 547 g/mol. The molecule has 176 valence electrons. The number of hydrogen-bond donors (Lipinski definition) is 1. The summed E-state index contributed by atoms with van der Waals surface area (Å²) in [4.78, 5) is 25.9. The van der Waals surface area contributed by atoms with E-state index in [1.54, 1.807) is 6.92 Å². The predicted molar refractivity (Wildman–Crippen MR) is 130 cm³/mol. The van der Waals surface area contributed by atoms with E-state index < -0.39 is 23.4 Å². The standard InChI is InChI=1S/C23H18NO4S.C5H5.Fe.Na/c1-12(25)18-21(26)24-19(23(27)28)20(29-22(18)24)17-9-8-15-10-14(6-7-16(15)11-17)13-4-2-3-5-13;1-2-4-5-3-1;;/h2-12,18,22,25H,1H3,(H,27,28);1-5H;;/q;;+2;+1/p-1/t12-,18+,22-;;;/m1.../s1. The van der Waals surface area contributed by atoms with Gasteiger partial charge < -0.3 is 15.0 Å². The predicted octanol–water partition coefficient (Wildman–Crippen LogP) is -0.0533.